The van der Waals surface area contributed by atoms with Crippen LogP contribution in [-0.4, -0.2) is 26.3 Å². The molecule has 1 aliphatic carbocycles. The fourth-order valence-electron chi connectivity index (χ4n) is 3.95. The molecule has 0 radical (unpaired) electrons. The Morgan fingerprint density at radius 3 is 2.23 bits per heavy atom. The Balaban J connectivity index is 1.74. The van der Waals surface area contributed by atoms with Gasteiger partial charge in [0.05, 0.1) is 18.8 Å². The van der Waals surface area contributed by atoms with Gasteiger partial charge in [-0.3, -0.25) is 0 Å². The lowest BCUT2D eigenvalue weighted by molar-refractivity contribution is -0.137. The first-order valence-electron chi connectivity index (χ1n) is 9.18. The number of alkyl halides is 3. The molecule has 2 aliphatic rings. The minimum Gasteiger partial charge on any atom is -0.378 e. The Morgan fingerprint density at radius 2 is 1.54 bits per heavy atom. The van der Waals surface area contributed by atoms with Crippen molar-refractivity contribution in [3.8, 4) is 11.1 Å². The molecule has 2 aromatic carbocycles. The zero-order chi connectivity index (χ0) is 18.1. The van der Waals surface area contributed by atoms with Gasteiger partial charge >= 0.3 is 6.18 Å². The minimum atomic E-state index is -4.30. The van der Waals surface area contributed by atoms with Gasteiger partial charge in [0.2, 0.25) is 0 Å². The Bertz CT molecular complexity index is 777. The van der Waals surface area contributed by atoms with Crippen LogP contribution in [0.5, 0.6) is 0 Å². The van der Waals surface area contributed by atoms with E-state index >= 15 is 0 Å². The molecule has 2 aromatic rings. The van der Waals surface area contributed by atoms with Crippen molar-refractivity contribution in [2.24, 2.45) is 0 Å². The first-order valence-corrected chi connectivity index (χ1v) is 9.18. The Labute approximate surface area is 151 Å². The highest BCUT2D eigenvalue weighted by molar-refractivity contribution is 5.73. The molecule has 0 aromatic heterocycles. The third-order valence-electron chi connectivity index (χ3n) is 5.34. The van der Waals surface area contributed by atoms with E-state index in [0.29, 0.717) is 0 Å². The van der Waals surface area contributed by atoms with Crippen molar-refractivity contribution >= 4 is 5.69 Å². The fourth-order valence-corrected chi connectivity index (χ4v) is 3.95. The van der Waals surface area contributed by atoms with E-state index in [2.05, 4.69) is 17.0 Å². The molecule has 1 saturated heterocycles. The van der Waals surface area contributed by atoms with Gasteiger partial charge in [0.25, 0.3) is 0 Å². The van der Waals surface area contributed by atoms with Crippen molar-refractivity contribution in [2.45, 2.75) is 31.9 Å². The number of aryl methyl sites for hydroxylation is 1. The third-order valence-corrected chi connectivity index (χ3v) is 5.34. The van der Waals surface area contributed by atoms with Crippen molar-refractivity contribution in [1.29, 1.82) is 0 Å². The number of nitrogens with zero attached hydrogens (tertiary/aromatic N) is 1. The van der Waals surface area contributed by atoms with Crippen LogP contribution in [0, 0.1) is 0 Å². The molecule has 0 atom stereocenters. The normalized spacial score (nSPS) is 17.9. The number of hydrogen-bond acceptors (Lipinski definition) is 2. The molecular formula is C21H22F3NO. The number of morpholine rings is 1. The Hall–Kier alpha value is -2.01. The maximum Gasteiger partial charge on any atom is 0.416 e. The first kappa shape index (κ1) is 17.4. The highest BCUT2D eigenvalue weighted by Crippen LogP contribution is 2.37. The second-order valence-electron chi connectivity index (χ2n) is 7.01. The van der Waals surface area contributed by atoms with Gasteiger partial charge in [-0.2, -0.15) is 13.2 Å². The lowest BCUT2D eigenvalue weighted by Crippen LogP contribution is -2.37. The average molecular weight is 361 g/mol. The number of fused-ring (bicyclic) bond motifs is 1. The van der Waals surface area contributed by atoms with Crippen molar-refractivity contribution in [2.75, 3.05) is 31.2 Å². The lowest BCUT2D eigenvalue weighted by atomic mass is 9.87. The zero-order valence-electron chi connectivity index (χ0n) is 14.6. The summed E-state index contributed by atoms with van der Waals surface area (Å²) in [7, 11) is 0. The van der Waals surface area contributed by atoms with Crippen LogP contribution >= 0.6 is 0 Å². The molecule has 0 unspecified atom stereocenters. The predicted molar refractivity (Wildman–Crippen MR) is 96.6 cm³/mol. The van der Waals surface area contributed by atoms with Crippen LogP contribution in [0.25, 0.3) is 11.1 Å². The van der Waals surface area contributed by atoms with Gasteiger partial charge in [-0.15, -0.1) is 0 Å². The summed E-state index contributed by atoms with van der Waals surface area (Å²) in [6.07, 6.45) is 0.194. The maximum absolute atomic E-state index is 12.8. The molecular weight excluding hydrogens is 339 g/mol. The predicted octanol–water partition coefficient (Wildman–Crippen LogP) is 5.09. The fraction of sp³-hybridized carbons (Fsp3) is 0.429. The van der Waals surface area contributed by atoms with E-state index < -0.39 is 11.7 Å². The van der Waals surface area contributed by atoms with E-state index in [4.69, 9.17) is 4.74 Å². The standard InChI is InChI=1S/C21H22F3NO/c22-21(23,24)18-7-5-15(6-8-18)17-13-16-3-1-2-4-19(16)20(14-17)25-9-11-26-12-10-25/h5-8,13-14H,1-4,9-12H2. The van der Waals surface area contributed by atoms with E-state index in [-0.39, 0.29) is 0 Å². The number of halogens is 3. The highest BCUT2D eigenvalue weighted by Gasteiger charge is 2.30. The molecule has 1 aliphatic heterocycles. The van der Waals surface area contributed by atoms with Crippen LogP contribution < -0.4 is 4.90 Å². The number of anilines is 1. The molecule has 0 amide bonds. The quantitative estimate of drug-likeness (QED) is 0.739. The van der Waals surface area contributed by atoms with Crippen LogP contribution in [0.3, 0.4) is 0 Å². The molecule has 1 heterocycles. The summed E-state index contributed by atoms with van der Waals surface area (Å²) in [6.45, 7) is 3.17. The Kier molecular flexibility index (Phi) is 4.65. The molecule has 26 heavy (non-hydrogen) atoms. The summed E-state index contributed by atoms with van der Waals surface area (Å²) in [5.41, 5.74) is 5.22. The molecule has 1 fully saturated rings. The van der Waals surface area contributed by atoms with Crippen molar-refractivity contribution < 1.29 is 17.9 Å². The van der Waals surface area contributed by atoms with Crippen LogP contribution in [0.1, 0.15) is 29.5 Å². The molecule has 0 spiro atoms. The minimum absolute atomic E-state index is 0.604. The Morgan fingerprint density at radius 1 is 0.846 bits per heavy atom. The number of ether oxygens (including phenoxy) is 1. The van der Waals surface area contributed by atoms with Crippen LogP contribution in [-0.2, 0) is 23.8 Å². The van der Waals surface area contributed by atoms with Gasteiger partial charge in [-0.05, 0) is 66.1 Å². The highest BCUT2D eigenvalue weighted by atomic mass is 19.4. The van der Waals surface area contributed by atoms with Crippen LogP contribution in [0.4, 0.5) is 18.9 Å². The van der Waals surface area contributed by atoms with E-state index in [9.17, 15) is 13.2 Å². The molecule has 0 saturated carbocycles. The molecule has 0 N–H and O–H groups in total. The maximum atomic E-state index is 12.8. The number of benzene rings is 2. The summed E-state index contributed by atoms with van der Waals surface area (Å²) < 4.78 is 44.0. The van der Waals surface area contributed by atoms with Crippen molar-refractivity contribution in [3.63, 3.8) is 0 Å². The van der Waals surface area contributed by atoms with Gasteiger partial charge in [0.1, 0.15) is 0 Å². The largest absolute Gasteiger partial charge is 0.416 e. The van der Waals surface area contributed by atoms with E-state index in [1.165, 1.54) is 41.8 Å². The number of rotatable bonds is 2. The first-order chi connectivity index (χ1) is 12.5. The van der Waals surface area contributed by atoms with Gasteiger partial charge in [-0.25, -0.2) is 0 Å². The summed E-state index contributed by atoms with van der Waals surface area (Å²) in [4.78, 5) is 2.36. The van der Waals surface area contributed by atoms with E-state index in [1.807, 2.05) is 0 Å². The average Bonchev–Trinajstić information content (AvgIpc) is 2.67. The van der Waals surface area contributed by atoms with Gasteiger partial charge in [-0.1, -0.05) is 18.2 Å². The van der Waals surface area contributed by atoms with Gasteiger partial charge in [0.15, 0.2) is 0 Å². The second-order valence-corrected chi connectivity index (χ2v) is 7.01. The SMILES string of the molecule is FC(F)(F)c1ccc(-c2cc3c(c(N4CCOCC4)c2)CCCC3)cc1. The topological polar surface area (TPSA) is 12.5 Å². The summed E-state index contributed by atoms with van der Waals surface area (Å²) in [5, 5.41) is 0. The molecule has 138 valence electrons. The number of hydrogen-bond donors (Lipinski definition) is 0. The molecule has 0 bridgehead atoms. The zero-order valence-corrected chi connectivity index (χ0v) is 14.6. The smallest absolute Gasteiger partial charge is 0.378 e. The van der Waals surface area contributed by atoms with Crippen molar-refractivity contribution in [1.82, 2.24) is 0 Å². The van der Waals surface area contributed by atoms with E-state index in [0.717, 1.165) is 50.3 Å². The van der Waals surface area contributed by atoms with Crippen molar-refractivity contribution in [3.05, 3.63) is 53.1 Å². The van der Waals surface area contributed by atoms with Gasteiger partial charge < -0.3 is 9.64 Å². The summed E-state index contributed by atoms with van der Waals surface area (Å²) in [6, 6.07) is 9.82. The molecule has 2 nitrogen and oxygen atoms in total. The second kappa shape index (κ2) is 6.95. The molecule has 4 rings (SSSR count). The monoisotopic (exact) mass is 361 g/mol. The van der Waals surface area contributed by atoms with Crippen LogP contribution in [0.15, 0.2) is 36.4 Å². The van der Waals surface area contributed by atoms with Crippen LogP contribution in [0.2, 0.25) is 0 Å². The summed E-state index contributed by atoms with van der Waals surface area (Å²) >= 11 is 0. The third kappa shape index (κ3) is 3.45. The molecule has 5 heteroatoms. The lowest BCUT2D eigenvalue weighted by Gasteiger charge is -2.33. The summed E-state index contributed by atoms with van der Waals surface area (Å²) in [5.74, 6) is 0. The van der Waals surface area contributed by atoms with Gasteiger partial charge in [0, 0.05) is 18.8 Å². The van der Waals surface area contributed by atoms with E-state index in [1.54, 1.807) is 12.1 Å².